The van der Waals surface area contributed by atoms with Crippen LogP contribution in [0.5, 0.6) is 0 Å². The summed E-state index contributed by atoms with van der Waals surface area (Å²) in [6.45, 7) is 0.434. The molecule has 1 aliphatic heterocycles. The molecule has 1 amide bonds. The van der Waals surface area contributed by atoms with Crippen molar-refractivity contribution in [1.29, 1.82) is 0 Å². The second kappa shape index (κ2) is 5.84. The van der Waals surface area contributed by atoms with Gasteiger partial charge in [0.1, 0.15) is 0 Å². The Bertz CT molecular complexity index is 746. The average Bonchev–Trinajstić information content (AvgIpc) is 2.76. The number of rotatable bonds is 4. The summed E-state index contributed by atoms with van der Waals surface area (Å²) < 4.78 is 25.2. The number of carboxylic acids is 1. The van der Waals surface area contributed by atoms with Crippen molar-refractivity contribution in [2.75, 3.05) is 21.9 Å². The van der Waals surface area contributed by atoms with E-state index in [-0.39, 0.29) is 11.7 Å². The largest absolute Gasteiger partial charge is 0.481 e. The fourth-order valence-corrected chi connectivity index (χ4v) is 4.57. The minimum atomic E-state index is -3.27. The summed E-state index contributed by atoms with van der Waals surface area (Å²) in [6, 6.07) is 6.63. The second-order valence-corrected chi connectivity index (χ2v) is 7.92. The first-order valence-electron chi connectivity index (χ1n) is 7.52. The Balaban J connectivity index is 1.73. The number of amides is 1. The lowest BCUT2D eigenvalue weighted by Crippen LogP contribution is -2.41. The zero-order chi connectivity index (χ0) is 16.6. The van der Waals surface area contributed by atoms with Crippen LogP contribution in [0.15, 0.2) is 24.3 Å². The zero-order valence-electron chi connectivity index (χ0n) is 12.4. The van der Waals surface area contributed by atoms with Gasteiger partial charge in [-0.15, -0.1) is 0 Å². The smallest absolute Gasteiger partial charge is 0.307 e. The first-order chi connectivity index (χ1) is 10.9. The molecular weight excluding hydrogens is 320 g/mol. The Hall–Kier alpha value is -2.09. The molecule has 0 bridgehead atoms. The highest BCUT2D eigenvalue weighted by Crippen LogP contribution is 2.35. The number of sulfonamides is 1. The Morgan fingerprint density at radius 3 is 2.52 bits per heavy atom. The molecular formula is C15H18N2O5S. The number of hydrogen-bond acceptors (Lipinski definition) is 4. The monoisotopic (exact) mass is 338 g/mol. The molecule has 1 aromatic rings. The number of aliphatic carboxylic acids is 1. The molecule has 1 saturated heterocycles. The third-order valence-electron chi connectivity index (χ3n) is 4.43. The van der Waals surface area contributed by atoms with Gasteiger partial charge in [-0.25, -0.2) is 8.42 Å². The second-order valence-electron chi connectivity index (χ2n) is 5.91. The van der Waals surface area contributed by atoms with Crippen molar-refractivity contribution in [1.82, 2.24) is 0 Å². The van der Waals surface area contributed by atoms with Gasteiger partial charge in [-0.1, -0.05) is 6.07 Å². The van der Waals surface area contributed by atoms with Gasteiger partial charge in [-0.05, 0) is 37.5 Å². The van der Waals surface area contributed by atoms with Gasteiger partial charge >= 0.3 is 5.97 Å². The van der Waals surface area contributed by atoms with Crippen LogP contribution in [0.1, 0.15) is 19.3 Å². The lowest BCUT2D eigenvalue weighted by Gasteiger charge is -2.32. The SMILES string of the molecule is O=C(O)C1CCC1C(=O)Nc1cccc(N2CCCS2(=O)=O)c1. The summed E-state index contributed by atoms with van der Waals surface area (Å²) in [6.07, 6.45) is 1.66. The van der Waals surface area contributed by atoms with Gasteiger partial charge in [0.25, 0.3) is 0 Å². The Morgan fingerprint density at radius 1 is 1.22 bits per heavy atom. The molecule has 2 N–H and O–H groups in total. The molecule has 23 heavy (non-hydrogen) atoms. The lowest BCUT2D eigenvalue weighted by atomic mass is 9.73. The highest BCUT2D eigenvalue weighted by molar-refractivity contribution is 7.93. The van der Waals surface area contributed by atoms with Gasteiger partial charge in [0.2, 0.25) is 15.9 Å². The molecule has 1 saturated carbocycles. The van der Waals surface area contributed by atoms with Crippen LogP contribution in [0.3, 0.4) is 0 Å². The van der Waals surface area contributed by atoms with Crippen LogP contribution in [-0.2, 0) is 19.6 Å². The molecule has 0 spiro atoms. The molecule has 2 unspecified atom stereocenters. The maximum Gasteiger partial charge on any atom is 0.307 e. The van der Waals surface area contributed by atoms with Crippen molar-refractivity contribution in [3.63, 3.8) is 0 Å². The number of carboxylic acid groups (broad SMARTS) is 1. The topological polar surface area (TPSA) is 104 Å². The van der Waals surface area contributed by atoms with E-state index in [2.05, 4.69) is 5.32 Å². The quantitative estimate of drug-likeness (QED) is 0.860. The van der Waals surface area contributed by atoms with E-state index in [9.17, 15) is 18.0 Å². The number of benzene rings is 1. The molecule has 0 aromatic heterocycles. The van der Waals surface area contributed by atoms with Crippen molar-refractivity contribution in [2.24, 2.45) is 11.8 Å². The number of anilines is 2. The number of nitrogens with one attached hydrogen (secondary N) is 1. The van der Waals surface area contributed by atoms with Crippen LogP contribution >= 0.6 is 0 Å². The maximum absolute atomic E-state index is 12.2. The minimum absolute atomic E-state index is 0.131. The Labute approximate surface area is 134 Å². The molecule has 2 fully saturated rings. The summed E-state index contributed by atoms with van der Waals surface area (Å²) >= 11 is 0. The van der Waals surface area contributed by atoms with Crippen LogP contribution in [0, 0.1) is 11.8 Å². The Morgan fingerprint density at radius 2 is 1.96 bits per heavy atom. The fraction of sp³-hybridized carbons (Fsp3) is 0.467. The third-order valence-corrected chi connectivity index (χ3v) is 6.30. The van der Waals surface area contributed by atoms with Crippen LogP contribution < -0.4 is 9.62 Å². The molecule has 1 aromatic carbocycles. The normalized spacial score (nSPS) is 25.7. The number of hydrogen-bond donors (Lipinski definition) is 2. The van der Waals surface area contributed by atoms with E-state index in [1.165, 1.54) is 4.31 Å². The van der Waals surface area contributed by atoms with E-state index < -0.39 is 27.8 Å². The number of nitrogens with zero attached hydrogens (tertiary/aromatic N) is 1. The van der Waals surface area contributed by atoms with E-state index >= 15 is 0 Å². The summed E-state index contributed by atoms with van der Waals surface area (Å²) in [7, 11) is -3.27. The van der Waals surface area contributed by atoms with E-state index in [1.54, 1.807) is 24.3 Å². The zero-order valence-corrected chi connectivity index (χ0v) is 13.3. The van der Waals surface area contributed by atoms with Crippen LogP contribution in [-0.4, -0.2) is 37.7 Å². The molecule has 1 heterocycles. The molecule has 2 aliphatic rings. The van der Waals surface area contributed by atoms with E-state index in [1.807, 2.05) is 0 Å². The van der Waals surface area contributed by atoms with Crippen LogP contribution in [0.25, 0.3) is 0 Å². The number of carbonyl (C=O) groups is 2. The summed E-state index contributed by atoms with van der Waals surface area (Å²) in [5.74, 6) is -2.30. The molecule has 2 atom stereocenters. The van der Waals surface area contributed by atoms with Gasteiger partial charge in [0.15, 0.2) is 0 Å². The predicted molar refractivity (Wildman–Crippen MR) is 84.7 cm³/mol. The molecule has 7 nitrogen and oxygen atoms in total. The first-order valence-corrected chi connectivity index (χ1v) is 9.13. The highest BCUT2D eigenvalue weighted by atomic mass is 32.2. The summed E-state index contributed by atoms with van der Waals surface area (Å²) in [4.78, 5) is 23.2. The first kappa shape index (κ1) is 15.8. The third kappa shape index (κ3) is 3.03. The van der Waals surface area contributed by atoms with Crippen molar-refractivity contribution in [3.05, 3.63) is 24.3 Å². The molecule has 8 heteroatoms. The van der Waals surface area contributed by atoms with Gasteiger partial charge in [0.05, 0.1) is 23.3 Å². The molecule has 1 aliphatic carbocycles. The molecule has 3 rings (SSSR count). The van der Waals surface area contributed by atoms with Gasteiger partial charge < -0.3 is 10.4 Å². The fourth-order valence-electron chi connectivity index (χ4n) is 3.01. The van der Waals surface area contributed by atoms with E-state index in [0.29, 0.717) is 37.2 Å². The van der Waals surface area contributed by atoms with Gasteiger partial charge in [-0.3, -0.25) is 13.9 Å². The lowest BCUT2D eigenvalue weighted by molar-refractivity contribution is -0.151. The van der Waals surface area contributed by atoms with E-state index in [0.717, 1.165) is 0 Å². The average molecular weight is 338 g/mol. The van der Waals surface area contributed by atoms with Crippen molar-refractivity contribution >= 4 is 33.3 Å². The molecule has 0 radical (unpaired) electrons. The highest BCUT2D eigenvalue weighted by Gasteiger charge is 2.41. The Kier molecular flexibility index (Phi) is 4.01. The van der Waals surface area contributed by atoms with Gasteiger partial charge in [-0.2, -0.15) is 0 Å². The standard InChI is InChI=1S/C15H18N2O5S/c18-14(12-5-6-13(12)15(19)20)16-10-3-1-4-11(9-10)17-7-2-8-23(17,21)22/h1,3-4,9,12-13H,2,5-8H2,(H,16,18)(H,19,20). The van der Waals surface area contributed by atoms with Crippen molar-refractivity contribution in [3.8, 4) is 0 Å². The minimum Gasteiger partial charge on any atom is -0.481 e. The predicted octanol–water partition coefficient (Wildman–Crippen LogP) is 1.28. The number of carbonyl (C=O) groups excluding carboxylic acids is 1. The maximum atomic E-state index is 12.2. The van der Waals surface area contributed by atoms with E-state index in [4.69, 9.17) is 5.11 Å². The van der Waals surface area contributed by atoms with Crippen molar-refractivity contribution < 1.29 is 23.1 Å². The van der Waals surface area contributed by atoms with Crippen molar-refractivity contribution in [2.45, 2.75) is 19.3 Å². The molecule has 124 valence electrons. The van der Waals surface area contributed by atoms with Gasteiger partial charge in [0, 0.05) is 12.2 Å². The summed E-state index contributed by atoms with van der Waals surface area (Å²) in [5.41, 5.74) is 0.995. The van der Waals surface area contributed by atoms with Crippen LogP contribution in [0.2, 0.25) is 0 Å². The summed E-state index contributed by atoms with van der Waals surface area (Å²) in [5, 5.41) is 11.7. The van der Waals surface area contributed by atoms with Crippen LogP contribution in [0.4, 0.5) is 11.4 Å².